The van der Waals surface area contributed by atoms with Crippen molar-refractivity contribution in [3.8, 4) is 34.3 Å². The van der Waals surface area contributed by atoms with Crippen LogP contribution < -0.4 is 14.8 Å². The van der Waals surface area contributed by atoms with Crippen molar-refractivity contribution >= 4 is 17.1 Å². The number of carbonyl (C=O) groups excluding carboxylic acids is 1. The van der Waals surface area contributed by atoms with Crippen LogP contribution in [-0.2, 0) is 19.7 Å². The highest BCUT2D eigenvalue weighted by atomic mass is 16.7. The molecule has 4 aromatic rings. The molecule has 0 spiro atoms. The third kappa shape index (κ3) is 5.61. The fraction of sp³-hybridized carbons (Fsp3) is 0.414. The maximum absolute atomic E-state index is 12.8. The number of benzene rings is 2. The van der Waals surface area contributed by atoms with Crippen LogP contribution in [0.2, 0.25) is 0 Å². The van der Waals surface area contributed by atoms with E-state index < -0.39 is 23.0 Å². The average molecular weight is 552 g/mol. The van der Waals surface area contributed by atoms with Gasteiger partial charge in [0, 0.05) is 16.5 Å². The van der Waals surface area contributed by atoms with E-state index >= 15 is 0 Å². The van der Waals surface area contributed by atoms with Gasteiger partial charge in [0.1, 0.15) is 22.5 Å². The zero-order chi connectivity index (χ0) is 28.7. The van der Waals surface area contributed by atoms with E-state index in [1.54, 1.807) is 47.1 Å². The molecule has 1 fully saturated rings. The first-order valence-electron chi connectivity index (χ1n) is 12.8. The summed E-state index contributed by atoms with van der Waals surface area (Å²) >= 11 is 0. The average Bonchev–Trinajstić information content (AvgIpc) is 3.56. The monoisotopic (exact) mass is 551 g/mol. The van der Waals surface area contributed by atoms with Gasteiger partial charge in [0.25, 0.3) is 5.89 Å². The van der Waals surface area contributed by atoms with E-state index in [9.17, 15) is 4.79 Å². The van der Waals surface area contributed by atoms with Gasteiger partial charge in [0.15, 0.2) is 17.3 Å². The minimum absolute atomic E-state index is 0.130. The Kier molecular flexibility index (Phi) is 6.97. The van der Waals surface area contributed by atoms with Crippen molar-refractivity contribution < 1.29 is 37.4 Å². The Labute approximate surface area is 231 Å². The number of fused-ring (bicyclic) bond motifs is 1. The van der Waals surface area contributed by atoms with E-state index in [0.29, 0.717) is 40.1 Å². The first-order valence-corrected chi connectivity index (χ1v) is 12.8. The molecule has 1 amide bonds. The lowest BCUT2D eigenvalue weighted by molar-refractivity contribution is -0.274. The summed E-state index contributed by atoms with van der Waals surface area (Å²) in [6.07, 6.45) is -0.602. The van der Waals surface area contributed by atoms with Crippen LogP contribution in [0, 0.1) is 0 Å². The third-order valence-electron chi connectivity index (χ3n) is 6.38. The molecule has 0 radical (unpaired) electrons. The summed E-state index contributed by atoms with van der Waals surface area (Å²) in [4.78, 5) is 17.4. The number of hydrogen-bond donors (Lipinski definition) is 1. The second-order valence-electron chi connectivity index (χ2n) is 11.0. The van der Waals surface area contributed by atoms with E-state index in [1.807, 2.05) is 44.2 Å². The fourth-order valence-corrected chi connectivity index (χ4v) is 4.30. The Morgan fingerprint density at radius 2 is 1.65 bits per heavy atom. The molecule has 0 bridgehead atoms. The number of amides is 1. The van der Waals surface area contributed by atoms with Crippen LogP contribution in [0.4, 0.5) is 4.79 Å². The van der Waals surface area contributed by atoms with E-state index in [0.717, 1.165) is 10.9 Å². The minimum Gasteiger partial charge on any atom is -0.493 e. The van der Waals surface area contributed by atoms with Gasteiger partial charge in [-0.3, -0.25) is 0 Å². The summed E-state index contributed by atoms with van der Waals surface area (Å²) in [6.45, 7) is 9.29. The van der Waals surface area contributed by atoms with Crippen molar-refractivity contribution in [3.05, 3.63) is 48.2 Å². The number of nitrogens with zero attached hydrogens (tertiary/aromatic N) is 2. The molecule has 0 atom stereocenters. The van der Waals surface area contributed by atoms with Crippen molar-refractivity contribution in [2.75, 3.05) is 27.4 Å². The van der Waals surface area contributed by atoms with Crippen LogP contribution >= 0.6 is 0 Å². The normalized spacial score (nSPS) is 16.5. The van der Waals surface area contributed by atoms with Gasteiger partial charge < -0.3 is 37.9 Å². The maximum atomic E-state index is 12.8. The van der Waals surface area contributed by atoms with Crippen molar-refractivity contribution in [1.29, 1.82) is 0 Å². The van der Waals surface area contributed by atoms with Crippen LogP contribution in [0.15, 0.2) is 51.4 Å². The largest absolute Gasteiger partial charge is 0.493 e. The van der Waals surface area contributed by atoms with Crippen molar-refractivity contribution in [1.82, 2.24) is 15.5 Å². The van der Waals surface area contributed by atoms with Crippen LogP contribution in [0.3, 0.4) is 0 Å². The molecule has 0 saturated carbocycles. The molecule has 0 aliphatic carbocycles. The number of methoxy groups -OCH3 is 2. The van der Waals surface area contributed by atoms with Gasteiger partial charge in [-0.2, -0.15) is 4.98 Å². The first kappa shape index (κ1) is 27.5. The lowest BCUT2D eigenvalue weighted by atomic mass is 9.96. The standard InChI is InChI=1S/C29H33N3O8/c1-27(2,3)39-26(33)31-29(15-36-28(4,5)37-16-29)23-14-19-12-17(8-10-20(19)38-23)24-30-25(40-32-24)18-9-11-21(34-6)22(13-18)35-7/h8-14H,15-16H2,1-7H3,(H,31,33). The van der Waals surface area contributed by atoms with Gasteiger partial charge >= 0.3 is 6.09 Å². The predicted molar refractivity (Wildman–Crippen MR) is 145 cm³/mol. The Morgan fingerprint density at radius 3 is 2.33 bits per heavy atom. The van der Waals surface area contributed by atoms with Crippen molar-refractivity contribution in [2.24, 2.45) is 0 Å². The number of aromatic nitrogens is 2. The number of ether oxygens (including phenoxy) is 5. The van der Waals surface area contributed by atoms with E-state index in [-0.39, 0.29) is 13.2 Å². The van der Waals surface area contributed by atoms with Crippen LogP contribution in [0.25, 0.3) is 33.8 Å². The predicted octanol–water partition coefficient (Wildman–Crippen LogP) is 5.67. The molecule has 1 aliphatic rings. The van der Waals surface area contributed by atoms with E-state index in [2.05, 4.69) is 15.5 Å². The number of furan rings is 1. The molecule has 5 rings (SSSR count). The first-order chi connectivity index (χ1) is 18.9. The van der Waals surface area contributed by atoms with Crippen LogP contribution in [0.1, 0.15) is 40.4 Å². The van der Waals surface area contributed by atoms with Gasteiger partial charge in [-0.1, -0.05) is 5.16 Å². The molecule has 2 aromatic heterocycles. The van der Waals surface area contributed by atoms with Gasteiger partial charge in [0.2, 0.25) is 5.82 Å². The highest BCUT2D eigenvalue weighted by molar-refractivity contribution is 5.83. The van der Waals surface area contributed by atoms with Gasteiger partial charge in [-0.15, -0.1) is 0 Å². The molecular formula is C29H33N3O8. The molecule has 1 N–H and O–H groups in total. The quantitative estimate of drug-likeness (QED) is 0.320. The zero-order valence-corrected chi connectivity index (χ0v) is 23.6. The molecule has 1 saturated heterocycles. The molecule has 11 nitrogen and oxygen atoms in total. The van der Waals surface area contributed by atoms with Crippen LogP contribution in [0.5, 0.6) is 11.5 Å². The number of hydrogen-bond acceptors (Lipinski definition) is 10. The molecule has 212 valence electrons. The molecule has 2 aromatic carbocycles. The van der Waals surface area contributed by atoms with Crippen LogP contribution in [-0.4, -0.2) is 55.1 Å². The smallest absolute Gasteiger partial charge is 0.408 e. The molecule has 40 heavy (non-hydrogen) atoms. The topological polar surface area (TPSA) is 127 Å². The molecule has 1 aliphatic heterocycles. The van der Waals surface area contributed by atoms with Gasteiger partial charge in [-0.25, -0.2) is 4.79 Å². The Morgan fingerprint density at radius 1 is 0.950 bits per heavy atom. The van der Waals surface area contributed by atoms with Crippen molar-refractivity contribution in [2.45, 2.75) is 51.5 Å². The van der Waals surface area contributed by atoms with E-state index in [4.69, 9.17) is 32.6 Å². The zero-order valence-electron chi connectivity index (χ0n) is 23.6. The molecule has 11 heteroatoms. The Bertz CT molecular complexity index is 1520. The number of carbonyl (C=O) groups is 1. The molecule has 3 heterocycles. The Hall–Kier alpha value is -4.09. The van der Waals surface area contributed by atoms with E-state index in [1.165, 1.54) is 0 Å². The lowest BCUT2D eigenvalue weighted by Crippen LogP contribution is -2.59. The second kappa shape index (κ2) is 10.1. The number of nitrogens with one attached hydrogen (secondary N) is 1. The fourth-order valence-electron chi connectivity index (χ4n) is 4.30. The molecular weight excluding hydrogens is 518 g/mol. The Balaban J connectivity index is 1.45. The summed E-state index contributed by atoms with van der Waals surface area (Å²) in [6, 6.07) is 12.8. The van der Waals surface area contributed by atoms with Crippen molar-refractivity contribution in [3.63, 3.8) is 0 Å². The summed E-state index contributed by atoms with van der Waals surface area (Å²) in [5.74, 6) is 1.57. The number of alkyl carbamates (subject to hydrolysis) is 1. The third-order valence-corrected chi connectivity index (χ3v) is 6.38. The van der Waals surface area contributed by atoms with Gasteiger partial charge in [0.05, 0.1) is 27.4 Å². The highest BCUT2D eigenvalue weighted by Crippen LogP contribution is 2.37. The van der Waals surface area contributed by atoms with Gasteiger partial charge in [-0.05, 0) is 77.1 Å². The summed E-state index contributed by atoms with van der Waals surface area (Å²) < 4.78 is 39.8. The number of rotatable bonds is 6. The molecule has 0 unspecified atom stereocenters. The lowest BCUT2D eigenvalue weighted by Gasteiger charge is -2.42. The second-order valence-corrected chi connectivity index (χ2v) is 11.0. The minimum atomic E-state index is -1.09. The summed E-state index contributed by atoms with van der Waals surface area (Å²) in [5.41, 5.74) is 0.256. The highest BCUT2D eigenvalue weighted by Gasteiger charge is 2.46. The summed E-state index contributed by atoms with van der Waals surface area (Å²) in [7, 11) is 3.14. The summed E-state index contributed by atoms with van der Waals surface area (Å²) in [5, 5.41) is 7.87. The SMILES string of the molecule is COc1ccc(-c2nc(-c3ccc4oc(C5(NC(=O)OC(C)(C)C)COC(C)(C)OC5)cc4c3)no2)cc1OC. The maximum Gasteiger partial charge on any atom is 0.408 e.